The molecule has 1 aliphatic heterocycles. The third kappa shape index (κ3) is 3.49. The molecule has 0 bridgehead atoms. The van der Waals surface area contributed by atoms with Crippen LogP contribution in [0.4, 0.5) is 0 Å². The van der Waals surface area contributed by atoms with Crippen LogP contribution in [0.1, 0.15) is 0 Å². The van der Waals surface area contributed by atoms with E-state index in [1.165, 1.54) is 26.2 Å². The first-order chi connectivity index (χ1) is 5.83. The molecule has 1 rings (SSSR count). The minimum absolute atomic E-state index is 0.778. The molecule has 1 N–H and O–H groups in total. The number of piperazine rings is 1. The van der Waals surface area contributed by atoms with Crippen molar-refractivity contribution in [3.05, 3.63) is 0 Å². The van der Waals surface area contributed by atoms with Gasteiger partial charge < -0.3 is 9.74 Å². The lowest BCUT2D eigenvalue weighted by Gasteiger charge is -2.31. The van der Waals surface area contributed by atoms with Gasteiger partial charge in [-0.05, 0) is 7.05 Å². The number of rotatable bonds is 4. The fourth-order valence-corrected chi connectivity index (χ4v) is 1.35. The topological polar surface area (TPSA) is 27.7 Å². The van der Waals surface area contributed by atoms with E-state index in [1.807, 2.05) is 0 Å². The van der Waals surface area contributed by atoms with Crippen molar-refractivity contribution in [3.8, 4) is 0 Å². The standard InChI is InChI=1S/C8H19N3O/c1-9-12-8-7-11-5-3-10(2)4-6-11/h9H,3-8H2,1-2H3. The smallest absolute Gasteiger partial charge is 0.0809 e. The normalized spacial score (nSPS) is 21.5. The van der Waals surface area contributed by atoms with Gasteiger partial charge in [0, 0.05) is 39.8 Å². The number of hydrogen-bond donors (Lipinski definition) is 1. The second kappa shape index (κ2) is 5.48. The first-order valence-corrected chi connectivity index (χ1v) is 4.52. The summed E-state index contributed by atoms with van der Waals surface area (Å²) in [6.07, 6.45) is 0. The number of nitrogens with zero attached hydrogens (tertiary/aromatic N) is 2. The first-order valence-electron chi connectivity index (χ1n) is 4.52. The van der Waals surface area contributed by atoms with E-state index in [4.69, 9.17) is 4.84 Å². The average molecular weight is 173 g/mol. The number of hydrogen-bond acceptors (Lipinski definition) is 4. The molecule has 1 saturated heterocycles. The maximum Gasteiger partial charge on any atom is 0.0809 e. The second-order valence-electron chi connectivity index (χ2n) is 3.20. The zero-order valence-electron chi connectivity index (χ0n) is 8.05. The molecule has 0 aromatic rings. The molecule has 0 unspecified atom stereocenters. The monoisotopic (exact) mass is 173 g/mol. The Bertz CT molecular complexity index is 113. The first kappa shape index (κ1) is 9.92. The van der Waals surface area contributed by atoms with Crippen molar-refractivity contribution in [1.29, 1.82) is 0 Å². The summed E-state index contributed by atoms with van der Waals surface area (Å²) in [6.45, 7) is 6.52. The Kier molecular flexibility index (Phi) is 4.53. The van der Waals surface area contributed by atoms with Crippen LogP contribution < -0.4 is 5.48 Å². The predicted octanol–water partition coefficient (Wildman–Crippen LogP) is -0.615. The van der Waals surface area contributed by atoms with E-state index >= 15 is 0 Å². The molecule has 0 aromatic carbocycles. The van der Waals surface area contributed by atoms with Crippen molar-refractivity contribution in [2.45, 2.75) is 0 Å². The summed E-state index contributed by atoms with van der Waals surface area (Å²) < 4.78 is 0. The van der Waals surface area contributed by atoms with Crippen molar-refractivity contribution in [3.63, 3.8) is 0 Å². The summed E-state index contributed by atoms with van der Waals surface area (Å²) in [4.78, 5) is 9.84. The van der Waals surface area contributed by atoms with E-state index in [1.54, 1.807) is 7.05 Å². The second-order valence-corrected chi connectivity index (χ2v) is 3.20. The molecule has 72 valence electrons. The molecule has 1 aliphatic rings. The zero-order valence-corrected chi connectivity index (χ0v) is 8.05. The third-order valence-corrected chi connectivity index (χ3v) is 2.25. The highest BCUT2D eigenvalue weighted by Gasteiger charge is 2.12. The van der Waals surface area contributed by atoms with Crippen LogP contribution in [0.25, 0.3) is 0 Å². The maximum absolute atomic E-state index is 5.06. The highest BCUT2D eigenvalue weighted by atomic mass is 16.6. The molecule has 0 saturated carbocycles. The molecule has 0 aliphatic carbocycles. The van der Waals surface area contributed by atoms with E-state index in [0.717, 1.165) is 13.2 Å². The number of likely N-dealkylation sites (N-methyl/N-ethyl adjacent to an activating group) is 1. The van der Waals surface area contributed by atoms with Gasteiger partial charge in [-0.2, -0.15) is 0 Å². The van der Waals surface area contributed by atoms with Crippen molar-refractivity contribution >= 4 is 0 Å². The lowest BCUT2D eigenvalue weighted by atomic mass is 10.3. The summed E-state index contributed by atoms with van der Waals surface area (Å²) >= 11 is 0. The van der Waals surface area contributed by atoms with Crippen LogP contribution in [-0.2, 0) is 4.84 Å². The highest BCUT2D eigenvalue weighted by molar-refractivity contribution is 4.68. The molecular formula is C8H19N3O. The summed E-state index contributed by atoms with van der Waals surface area (Å²) in [6, 6.07) is 0. The Balaban J connectivity index is 2.01. The summed E-state index contributed by atoms with van der Waals surface area (Å²) in [7, 11) is 3.96. The predicted molar refractivity (Wildman–Crippen MR) is 48.9 cm³/mol. The van der Waals surface area contributed by atoms with E-state index in [-0.39, 0.29) is 0 Å². The van der Waals surface area contributed by atoms with Gasteiger partial charge in [0.1, 0.15) is 0 Å². The van der Waals surface area contributed by atoms with Gasteiger partial charge in [0.2, 0.25) is 0 Å². The van der Waals surface area contributed by atoms with Crippen LogP contribution in [0.5, 0.6) is 0 Å². The van der Waals surface area contributed by atoms with E-state index in [2.05, 4.69) is 22.3 Å². The maximum atomic E-state index is 5.06. The fraction of sp³-hybridized carbons (Fsp3) is 1.00. The third-order valence-electron chi connectivity index (χ3n) is 2.25. The molecule has 0 atom stereocenters. The quantitative estimate of drug-likeness (QED) is 0.453. The van der Waals surface area contributed by atoms with Crippen LogP contribution in [0, 0.1) is 0 Å². The van der Waals surface area contributed by atoms with E-state index in [0.29, 0.717) is 0 Å². The molecular weight excluding hydrogens is 154 g/mol. The number of hydroxylamine groups is 1. The number of nitrogens with one attached hydrogen (secondary N) is 1. The molecule has 1 heterocycles. The summed E-state index contributed by atoms with van der Waals surface area (Å²) in [5, 5.41) is 0. The van der Waals surface area contributed by atoms with Gasteiger partial charge in [-0.3, -0.25) is 4.90 Å². The van der Waals surface area contributed by atoms with E-state index < -0.39 is 0 Å². The highest BCUT2D eigenvalue weighted by Crippen LogP contribution is 1.97. The minimum Gasteiger partial charge on any atom is -0.304 e. The molecule has 4 nitrogen and oxygen atoms in total. The van der Waals surface area contributed by atoms with Gasteiger partial charge >= 0.3 is 0 Å². The van der Waals surface area contributed by atoms with Gasteiger partial charge in [0.05, 0.1) is 6.61 Å². The molecule has 0 spiro atoms. The molecule has 0 radical (unpaired) electrons. The summed E-state index contributed by atoms with van der Waals surface area (Å²) in [5.74, 6) is 0. The van der Waals surface area contributed by atoms with Crippen LogP contribution >= 0.6 is 0 Å². The van der Waals surface area contributed by atoms with Crippen molar-refractivity contribution in [2.75, 3.05) is 53.4 Å². The lowest BCUT2D eigenvalue weighted by Crippen LogP contribution is -2.45. The molecule has 0 aromatic heterocycles. The lowest BCUT2D eigenvalue weighted by molar-refractivity contribution is 0.0317. The zero-order chi connectivity index (χ0) is 8.81. The van der Waals surface area contributed by atoms with Crippen molar-refractivity contribution in [2.24, 2.45) is 0 Å². The Morgan fingerprint density at radius 1 is 1.25 bits per heavy atom. The SMILES string of the molecule is CNOCCN1CCN(C)CC1. The molecule has 1 fully saturated rings. The van der Waals surface area contributed by atoms with Crippen molar-refractivity contribution < 1.29 is 4.84 Å². The Hall–Kier alpha value is -0.160. The minimum atomic E-state index is 0.778. The van der Waals surface area contributed by atoms with Crippen LogP contribution in [0.15, 0.2) is 0 Å². The van der Waals surface area contributed by atoms with Crippen LogP contribution in [0.2, 0.25) is 0 Å². The molecule has 0 amide bonds. The van der Waals surface area contributed by atoms with Gasteiger partial charge in [-0.15, -0.1) is 0 Å². The fourth-order valence-electron chi connectivity index (χ4n) is 1.35. The van der Waals surface area contributed by atoms with Gasteiger partial charge in [0.15, 0.2) is 0 Å². The van der Waals surface area contributed by atoms with Gasteiger partial charge in [0.25, 0.3) is 0 Å². The van der Waals surface area contributed by atoms with E-state index in [9.17, 15) is 0 Å². The Labute approximate surface area is 74.4 Å². The Morgan fingerprint density at radius 2 is 1.92 bits per heavy atom. The van der Waals surface area contributed by atoms with Gasteiger partial charge in [-0.25, -0.2) is 5.48 Å². The van der Waals surface area contributed by atoms with Crippen molar-refractivity contribution in [1.82, 2.24) is 15.3 Å². The average Bonchev–Trinajstić information content (AvgIpc) is 2.09. The molecule has 4 heteroatoms. The van der Waals surface area contributed by atoms with Crippen LogP contribution in [-0.4, -0.2) is 63.2 Å². The largest absolute Gasteiger partial charge is 0.304 e. The summed E-state index contributed by atoms with van der Waals surface area (Å²) in [5.41, 5.74) is 2.68. The van der Waals surface area contributed by atoms with Gasteiger partial charge in [-0.1, -0.05) is 0 Å². The molecule has 12 heavy (non-hydrogen) atoms. The van der Waals surface area contributed by atoms with Crippen LogP contribution in [0.3, 0.4) is 0 Å². The Morgan fingerprint density at radius 3 is 2.50 bits per heavy atom.